The van der Waals surface area contributed by atoms with Crippen LogP contribution in [-0.2, 0) is 9.53 Å². The Morgan fingerprint density at radius 2 is 2.00 bits per heavy atom. The van der Waals surface area contributed by atoms with Crippen LogP contribution in [0.3, 0.4) is 0 Å². The summed E-state index contributed by atoms with van der Waals surface area (Å²) in [6.45, 7) is 0.872. The van der Waals surface area contributed by atoms with E-state index in [2.05, 4.69) is 18.1 Å². The topological polar surface area (TPSA) is 46.5 Å². The van der Waals surface area contributed by atoms with E-state index in [1.54, 1.807) is 0 Å². The summed E-state index contributed by atoms with van der Waals surface area (Å²) in [7, 11) is 0. The van der Waals surface area contributed by atoms with Crippen LogP contribution in [0.2, 0.25) is 0 Å². The van der Waals surface area contributed by atoms with Crippen molar-refractivity contribution in [1.82, 2.24) is 0 Å². The Balaban J connectivity index is 1.66. The Kier molecular flexibility index (Phi) is 8.39. The molecule has 4 atom stereocenters. The van der Waals surface area contributed by atoms with Gasteiger partial charge in [-0.1, -0.05) is 18.6 Å². The van der Waals surface area contributed by atoms with Gasteiger partial charge in [-0.2, -0.15) is 0 Å². The Morgan fingerprint density at radius 1 is 1.17 bits per heavy atom. The number of carboxylic acid groups (broad SMARTS) is 1. The zero-order valence-corrected chi connectivity index (χ0v) is 14.8. The third-order valence-electron chi connectivity index (χ3n) is 5.62. The first kappa shape index (κ1) is 19.1. The van der Waals surface area contributed by atoms with Crippen molar-refractivity contribution in [3.8, 4) is 12.3 Å². The molecule has 2 bridgehead atoms. The summed E-state index contributed by atoms with van der Waals surface area (Å²) in [5.74, 6) is 4.27. The summed E-state index contributed by atoms with van der Waals surface area (Å²) in [4.78, 5) is 10.5. The van der Waals surface area contributed by atoms with Gasteiger partial charge in [0.15, 0.2) is 0 Å². The molecule has 0 spiro atoms. The van der Waals surface area contributed by atoms with Crippen LogP contribution in [0.5, 0.6) is 0 Å². The normalized spacial score (nSPS) is 28.5. The summed E-state index contributed by atoms with van der Waals surface area (Å²) in [5, 5.41) is 8.65. The van der Waals surface area contributed by atoms with Crippen molar-refractivity contribution in [2.45, 2.75) is 76.7 Å². The highest BCUT2D eigenvalue weighted by atomic mass is 16.5. The molecule has 0 aliphatic heterocycles. The van der Waals surface area contributed by atoms with Crippen molar-refractivity contribution < 1.29 is 14.6 Å². The van der Waals surface area contributed by atoms with E-state index < -0.39 is 5.97 Å². The molecule has 2 aliphatic carbocycles. The number of unbranched alkanes of at least 4 members (excludes halogenated alkanes) is 4. The van der Waals surface area contributed by atoms with Gasteiger partial charge in [-0.15, -0.1) is 12.3 Å². The minimum atomic E-state index is -0.702. The molecule has 2 rings (SSSR count). The molecule has 2 saturated carbocycles. The first-order valence-corrected chi connectivity index (χ1v) is 9.64. The van der Waals surface area contributed by atoms with Crippen molar-refractivity contribution in [1.29, 1.82) is 0 Å². The number of fused-ring (bicyclic) bond motifs is 2. The summed E-state index contributed by atoms with van der Waals surface area (Å²) in [6, 6.07) is 0. The maximum Gasteiger partial charge on any atom is 0.303 e. The Bertz CT molecular complexity index is 448. The van der Waals surface area contributed by atoms with Crippen LogP contribution in [0.1, 0.15) is 70.6 Å². The van der Waals surface area contributed by atoms with Crippen LogP contribution in [0, 0.1) is 30.1 Å². The summed E-state index contributed by atoms with van der Waals surface area (Å²) < 4.78 is 6.28. The van der Waals surface area contributed by atoms with E-state index in [0.29, 0.717) is 12.0 Å². The predicted octanol–water partition coefficient (Wildman–Crippen LogP) is 4.81. The van der Waals surface area contributed by atoms with E-state index >= 15 is 0 Å². The van der Waals surface area contributed by atoms with Crippen LogP contribution in [0.25, 0.3) is 0 Å². The molecule has 2 aliphatic rings. The first-order valence-electron chi connectivity index (χ1n) is 9.64. The van der Waals surface area contributed by atoms with Crippen LogP contribution < -0.4 is 0 Å². The molecule has 2 fully saturated rings. The fraction of sp³-hybridized carbons (Fsp3) is 0.762. The van der Waals surface area contributed by atoms with Crippen molar-refractivity contribution in [2.24, 2.45) is 17.8 Å². The number of rotatable bonds is 12. The minimum absolute atomic E-state index is 0.268. The molecule has 0 amide bonds. The number of ether oxygens (including phenoxy) is 1. The second-order valence-electron chi connectivity index (χ2n) is 7.34. The number of aliphatic carboxylic acids is 1. The predicted molar refractivity (Wildman–Crippen MR) is 96.6 cm³/mol. The van der Waals surface area contributed by atoms with Crippen molar-refractivity contribution in [2.75, 3.05) is 6.61 Å². The Morgan fingerprint density at radius 3 is 2.79 bits per heavy atom. The summed E-state index contributed by atoms with van der Waals surface area (Å²) in [6.07, 6.45) is 21.4. The van der Waals surface area contributed by atoms with E-state index in [1.807, 2.05) is 0 Å². The molecule has 0 aromatic carbocycles. The molecule has 0 radical (unpaired) electrons. The van der Waals surface area contributed by atoms with Crippen molar-refractivity contribution in [3.63, 3.8) is 0 Å². The lowest BCUT2D eigenvalue weighted by Gasteiger charge is -2.30. The lowest BCUT2D eigenvalue weighted by molar-refractivity contribution is -0.137. The minimum Gasteiger partial charge on any atom is -0.481 e. The van der Waals surface area contributed by atoms with Gasteiger partial charge >= 0.3 is 5.97 Å². The maximum absolute atomic E-state index is 10.5. The SMILES string of the molecule is C#CCCCCCO[C@@H]1[C@H]2CC[C@H](C2)[C@H]1C/C=C\CCCC(=O)O. The van der Waals surface area contributed by atoms with Gasteiger partial charge in [-0.05, 0) is 69.1 Å². The average molecular weight is 332 g/mol. The average Bonchev–Trinajstić information content (AvgIpc) is 3.15. The molecule has 0 unspecified atom stereocenters. The number of carbonyl (C=O) groups is 1. The van der Waals surface area contributed by atoms with Crippen LogP contribution >= 0.6 is 0 Å². The monoisotopic (exact) mass is 332 g/mol. The van der Waals surface area contributed by atoms with E-state index in [4.69, 9.17) is 16.3 Å². The number of hydrogen-bond donors (Lipinski definition) is 1. The zero-order chi connectivity index (χ0) is 17.2. The number of allylic oxidation sites excluding steroid dienone is 2. The molecule has 3 heteroatoms. The standard InChI is InChI=1S/C21H32O3/c1-2-3-4-7-10-15-24-21-18-14-13-17(16-18)19(21)11-8-5-6-9-12-20(22)23/h1,5,8,17-19,21H,3-4,6-7,9-16H2,(H,22,23)/b8-5-/t17-,18+,19-,21-/m1/s1. The number of hydrogen-bond acceptors (Lipinski definition) is 2. The summed E-state index contributed by atoms with van der Waals surface area (Å²) >= 11 is 0. The van der Waals surface area contributed by atoms with Gasteiger partial charge in [0.2, 0.25) is 0 Å². The van der Waals surface area contributed by atoms with Crippen molar-refractivity contribution >= 4 is 5.97 Å². The van der Waals surface area contributed by atoms with Crippen LogP contribution in [0.15, 0.2) is 12.2 Å². The molecular formula is C21H32O3. The van der Waals surface area contributed by atoms with Gasteiger partial charge in [0.1, 0.15) is 0 Å². The molecule has 3 nitrogen and oxygen atoms in total. The zero-order valence-electron chi connectivity index (χ0n) is 14.8. The highest BCUT2D eigenvalue weighted by Gasteiger charge is 2.47. The summed E-state index contributed by atoms with van der Waals surface area (Å²) in [5.41, 5.74) is 0. The van der Waals surface area contributed by atoms with Gasteiger partial charge in [-0.25, -0.2) is 0 Å². The fourth-order valence-electron chi connectivity index (χ4n) is 4.41. The molecule has 0 saturated heterocycles. The van der Waals surface area contributed by atoms with Crippen LogP contribution in [0.4, 0.5) is 0 Å². The lowest BCUT2D eigenvalue weighted by Crippen LogP contribution is -2.30. The van der Waals surface area contributed by atoms with E-state index in [1.165, 1.54) is 25.7 Å². The second kappa shape index (κ2) is 10.6. The van der Waals surface area contributed by atoms with Gasteiger partial charge < -0.3 is 9.84 Å². The fourth-order valence-corrected chi connectivity index (χ4v) is 4.41. The maximum atomic E-state index is 10.5. The number of carboxylic acids is 1. The second-order valence-corrected chi connectivity index (χ2v) is 7.34. The van der Waals surface area contributed by atoms with Crippen LogP contribution in [-0.4, -0.2) is 23.8 Å². The van der Waals surface area contributed by atoms with E-state index in [-0.39, 0.29) is 6.42 Å². The molecule has 134 valence electrons. The number of terminal acetylenes is 1. The Labute approximate surface area is 146 Å². The molecule has 0 aromatic heterocycles. The lowest BCUT2D eigenvalue weighted by atomic mass is 9.84. The quantitative estimate of drug-likeness (QED) is 0.317. The van der Waals surface area contributed by atoms with E-state index in [9.17, 15) is 4.79 Å². The first-order chi connectivity index (χ1) is 11.7. The van der Waals surface area contributed by atoms with E-state index in [0.717, 1.165) is 57.0 Å². The molecule has 0 aromatic rings. The molecular weight excluding hydrogens is 300 g/mol. The van der Waals surface area contributed by atoms with Gasteiger partial charge in [0, 0.05) is 19.4 Å². The Hall–Kier alpha value is -1.27. The third kappa shape index (κ3) is 5.98. The largest absolute Gasteiger partial charge is 0.481 e. The van der Waals surface area contributed by atoms with Gasteiger partial charge in [0.05, 0.1) is 6.10 Å². The van der Waals surface area contributed by atoms with Gasteiger partial charge in [0.25, 0.3) is 0 Å². The molecule has 0 heterocycles. The van der Waals surface area contributed by atoms with Gasteiger partial charge in [-0.3, -0.25) is 4.79 Å². The van der Waals surface area contributed by atoms with Crippen molar-refractivity contribution in [3.05, 3.63) is 12.2 Å². The highest BCUT2D eigenvalue weighted by Crippen LogP contribution is 2.51. The third-order valence-corrected chi connectivity index (χ3v) is 5.62. The smallest absolute Gasteiger partial charge is 0.303 e. The molecule has 1 N–H and O–H groups in total. The highest BCUT2D eigenvalue weighted by molar-refractivity contribution is 5.66. The molecule has 24 heavy (non-hydrogen) atoms.